The minimum Gasteiger partial charge on any atom is -0.356 e. The van der Waals surface area contributed by atoms with Crippen molar-refractivity contribution in [2.75, 3.05) is 0 Å². The molecule has 0 bridgehead atoms. The maximum Gasteiger partial charge on any atom is 2.00 e. The van der Waals surface area contributed by atoms with Crippen molar-refractivity contribution >= 4 is 0 Å². The third-order valence-electron chi connectivity index (χ3n) is 0. The van der Waals surface area contributed by atoms with Gasteiger partial charge in [-0.05, 0) is 0 Å². The third kappa shape index (κ3) is 221. The first-order valence-corrected chi connectivity index (χ1v) is 1.10. The Kier molecular flexibility index (Phi) is 17.7. The van der Waals surface area contributed by atoms with Crippen LogP contribution in [0.15, 0.2) is 0 Å². The maximum atomic E-state index is 8.25. The molecule has 0 heterocycles. The first-order chi connectivity index (χ1) is 3.46. The fourth-order valence-electron chi connectivity index (χ4n) is 0. The van der Waals surface area contributed by atoms with Gasteiger partial charge in [-0.15, -0.1) is 0 Å². The standard InChI is InChI=1S/Mo.2NO3/c;2*2-1(3)4/q+2;2*-1. The van der Waals surface area contributed by atoms with Gasteiger partial charge in [-0.2, -0.15) is 0 Å². The molecule has 0 aromatic rings. The topological polar surface area (TPSA) is 132 Å². The van der Waals surface area contributed by atoms with Gasteiger partial charge >= 0.3 is 21.1 Å². The molecule has 9 heavy (non-hydrogen) atoms. The summed E-state index contributed by atoms with van der Waals surface area (Å²) in [4.78, 5) is 16.5. The number of rotatable bonds is 0. The van der Waals surface area contributed by atoms with E-state index in [9.17, 15) is 0 Å². The van der Waals surface area contributed by atoms with Gasteiger partial charge in [0.15, 0.2) is 0 Å². The Hall–Kier alpha value is -0.912. The van der Waals surface area contributed by atoms with E-state index in [0.29, 0.717) is 0 Å². The Morgan fingerprint density at radius 2 is 0.778 bits per heavy atom. The zero-order chi connectivity index (χ0) is 7.15. The van der Waals surface area contributed by atoms with Crippen molar-refractivity contribution in [1.29, 1.82) is 0 Å². The molecule has 0 aliphatic carbocycles. The van der Waals surface area contributed by atoms with Gasteiger partial charge in [0.25, 0.3) is 0 Å². The minimum absolute atomic E-state index is 0. The summed E-state index contributed by atoms with van der Waals surface area (Å²) in [6, 6.07) is 0. The molecule has 0 N–H and O–H groups in total. The van der Waals surface area contributed by atoms with Crippen molar-refractivity contribution in [3.8, 4) is 0 Å². The van der Waals surface area contributed by atoms with Crippen LogP contribution in [-0.4, -0.2) is 10.2 Å². The molecule has 0 aromatic heterocycles. The summed E-state index contributed by atoms with van der Waals surface area (Å²) in [7, 11) is 0. The van der Waals surface area contributed by atoms with E-state index in [-0.39, 0.29) is 21.1 Å². The molecule has 0 atom stereocenters. The van der Waals surface area contributed by atoms with Gasteiger partial charge in [0, 0.05) is 0 Å². The van der Waals surface area contributed by atoms with Crippen molar-refractivity contribution in [2.45, 2.75) is 0 Å². The normalized spacial score (nSPS) is 5.33. The van der Waals surface area contributed by atoms with Crippen molar-refractivity contribution < 1.29 is 31.2 Å². The molecule has 0 spiro atoms. The largest absolute Gasteiger partial charge is 2.00 e. The van der Waals surface area contributed by atoms with Crippen LogP contribution in [0, 0.1) is 30.6 Å². The fourth-order valence-corrected chi connectivity index (χ4v) is 0. The van der Waals surface area contributed by atoms with Gasteiger partial charge in [0.1, 0.15) is 0 Å². The van der Waals surface area contributed by atoms with Gasteiger partial charge < -0.3 is 30.6 Å². The predicted molar refractivity (Wildman–Crippen MR) is 20.7 cm³/mol. The molecule has 0 aliphatic rings. The van der Waals surface area contributed by atoms with E-state index in [2.05, 4.69) is 0 Å². The Bertz CT molecular complexity index is 69.1. The van der Waals surface area contributed by atoms with Crippen LogP contribution in [0.4, 0.5) is 0 Å². The second-order valence-electron chi connectivity index (χ2n) is 0.447. The van der Waals surface area contributed by atoms with Crippen molar-refractivity contribution in [3.63, 3.8) is 0 Å². The molecular formula is MoN2O6. The van der Waals surface area contributed by atoms with Gasteiger partial charge in [0.2, 0.25) is 0 Å². The summed E-state index contributed by atoms with van der Waals surface area (Å²) in [5.74, 6) is 0. The molecule has 0 radical (unpaired) electrons. The Morgan fingerprint density at radius 1 is 0.778 bits per heavy atom. The van der Waals surface area contributed by atoms with Crippen LogP contribution in [0.1, 0.15) is 0 Å². The van der Waals surface area contributed by atoms with Gasteiger partial charge in [-0.1, -0.05) is 0 Å². The SMILES string of the molecule is O=[N+]([O-])[O-].O=[N+]([O-])[O-].[Mo+2]. The third-order valence-corrected chi connectivity index (χ3v) is 0. The van der Waals surface area contributed by atoms with Crippen LogP contribution >= 0.6 is 0 Å². The van der Waals surface area contributed by atoms with Crippen LogP contribution in [0.5, 0.6) is 0 Å². The smallest absolute Gasteiger partial charge is 0.356 e. The van der Waals surface area contributed by atoms with Crippen molar-refractivity contribution in [1.82, 2.24) is 0 Å². The molecule has 0 rings (SSSR count). The van der Waals surface area contributed by atoms with Gasteiger partial charge in [-0.3, -0.25) is 0 Å². The van der Waals surface area contributed by atoms with E-state index in [1.54, 1.807) is 0 Å². The molecule has 0 unspecified atom stereocenters. The first kappa shape index (κ1) is 15.7. The summed E-state index contributed by atoms with van der Waals surface area (Å²) >= 11 is 0. The summed E-state index contributed by atoms with van der Waals surface area (Å²) in [5, 5.41) is 29.5. The molecular weight excluding hydrogens is 220 g/mol. The first-order valence-electron chi connectivity index (χ1n) is 1.10. The Balaban J connectivity index is -0.0000000720. The van der Waals surface area contributed by atoms with Crippen molar-refractivity contribution in [2.24, 2.45) is 0 Å². The van der Waals surface area contributed by atoms with Gasteiger partial charge in [0.05, 0.1) is 10.2 Å². The van der Waals surface area contributed by atoms with E-state index in [0.717, 1.165) is 0 Å². The molecule has 0 saturated carbocycles. The van der Waals surface area contributed by atoms with Crippen molar-refractivity contribution in [3.05, 3.63) is 30.6 Å². The zero-order valence-electron chi connectivity index (χ0n) is 3.75. The summed E-state index contributed by atoms with van der Waals surface area (Å²) < 4.78 is 0. The summed E-state index contributed by atoms with van der Waals surface area (Å²) in [6.07, 6.45) is 0. The van der Waals surface area contributed by atoms with E-state index < -0.39 is 10.2 Å². The molecule has 9 heteroatoms. The van der Waals surface area contributed by atoms with Crippen LogP contribution in [0.2, 0.25) is 0 Å². The second-order valence-corrected chi connectivity index (χ2v) is 0.447. The summed E-state index contributed by atoms with van der Waals surface area (Å²) in [5.41, 5.74) is 0. The quantitative estimate of drug-likeness (QED) is 0.307. The van der Waals surface area contributed by atoms with E-state index >= 15 is 0 Å². The molecule has 8 nitrogen and oxygen atoms in total. The molecule has 0 saturated heterocycles. The maximum absolute atomic E-state index is 8.25. The average molecular weight is 220 g/mol. The summed E-state index contributed by atoms with van der Waals surface area (Å²) in [6.45, 7) is 0. The van der Waals surface area contributed by atoms with Crippen LogP contribution in [0.25, 0.3) is 0 Å². The molecule has 0 fully saturated rings. The van der Waals surface area contributed by atoms with Gasteiger partial charge in [-0.25, -0.2) is 0 Å². The van der Waals surface area contributed by atoms with Crippen LogP contribution in [-0.2, 0) is 21.1 Å². The zero-order valence-corrected chi connectivity index (χ0v) is 5.76. The number of nitrogens with zero attached hydrogens (tertiary/aromatic N) is 2. The van der Waals surface area contributed by atoms with E-state index in [1.807, 2.05) is 0 Å². The Morgan fingerprint density at radius 3 is 0.778 bits per heavy atom. The van der Waals surface area contributed by atoms with Crippen LogP contribution in [0.3, 0.4) is 0 Å². The van der Waals surface area contributed by atoms with E-state index in [4.69, 9.17) is 30.6 Å². The number of hydrogen-bond acceptors (Lipinski definition) is 6. The molecule has 0 amide bonds. The predicted octanol–water partition coefficient (Wildman–Crippen LogP) is -0.481. The van der Waals surface area contributed by atoms with Crippen LogP contribution < -0.4 is 0 Å². The molecule has 0 aliphatic heterocycles. The molecule has 0 aromatic carbocycles. The monoisotopic (exact) mass is 222 g/mol. The molecule has 52 valence electrons. The minimum atomic E-state index is -1.75. The average Bonchev–Trinajstić information content (AvgIpc) is 1.25. The Labute approximate surface area is 62.6 Å². The number of hydrogen-bond donors (Lipinski definition) is 0. The second kappa shape index (κ2) is 10.1. The fraction of sp³-hybridized carbons (Fsp3) is 0. The van der Waals surface area contributed by atoms with E-state index in [1.165, 1.54) is 0 Å².